The van der Waals surface area contributed by atoms with Crippen LogP contribution in [0.5, 0.6) is 0 Å². The third-order valence-corrected chi connectivity index (χ3v) is 9.62. The van der Waals surface area contributed by atoms with Crippen LogP contribution in [0, 0.1) is 18.3 Å². The van der Waals surface area contributed by atoms with Crippen LogP contribution in [-0.4, -0.2) is 212 Å². The fraction of sp³-hybridized carbons (Fsp3) is 0.773. The van der Waals surface area contributed by atoms with E-state index >= 15 is 0 Å². The summed E-state index contributed by atoms with van der Waals surface area (Å²) < 4.78 is 43.3. The van der Waals surface area contributed by atoms with E-state index in [1.807, 2.05) is 13.8 Å². The SMILES string of the molecule is C#CCOCCOCCOCCOCCOCCOCCOCCOCCC(=O)N[C@@H](CC(C)C)C(=O)N1CCC[C@H]1C(=O)N[C@@H](CCC(=O)O)C(=O)N[C@@H](CC)C(=O)NCC(=O)NCC(=O)O. The van der Waals surface area contributed by atoms with E-state index in [0.29, 0.717) is 85.7 Å². The number of carboxylic acids is 2. The normalized spacial score (nSPS) is 14.6. The molecule has 1 rings (SSSR count). The summed E-state index contributed by atoms with van der Waals surface area (Å²) in [5, 5.41) is 30.2. The quantitative estimate of drug-likeness (QED) is 0.0263. The predicted molar refractivity (Wildman–Crippen MR) is 241 cm³/mol. The van der Waals surface area contributed by atoms with Crippen LogP contribution in [0.15, 0.2) is 0 Å². The summed E-state index contributed by atoms with van der Waals surface area (Å²) in [7, 11) is 0. The number of likely N-dealkylation sites (tertiary alicyclic amines) is 1. The number of terminal acetylenes is 1. The molecular formula is C44H74N6O18. The predicted octanol–water partition coefficient (Wildman–Crippen LogP) is -1.77. The molecule has 1 aliphatic heterocycles. The Labute approximate surface area is 398 Å². The Kier molecular flexibility index (Phi) is 34.9. The Morgan fingerprint density at radius 3 is 1.59 bits per heavy atom. The number of hydrogen-bond donors (Lipinski definition) is 7. The average Bonchev–Trinajstić information content (AvgIpc) is 3.80. The van der Waals surface area contributed by atoms with Crippen molar-refractivity contribution in [2.45, 2.75) is 89.9 Å². The molecule has 0 aliphatic carbocycles. The maximum atomic E-state index is 13.9. The van der Waals surface area contributed by atoms with Crippen LogP contribution in [-0.2, 0) is 76.3 Å². The van der Waals surface area contributed by atoms with Gasteiger partial charge in [0.2, 0.25) is 35.4 Å². The van der Waals surface area contributed by atoms with E-state index in [-0.39, 0.29) is 71.0 Å². The van der Waals surface area contributed by atoms with Gasteiger partial charge in [-0.3, -0.25) is 38.4 Å². The molecule has 7 N–H and O–H groups in total. The molecule has 388 valence electrons. The molecule has 1 heterocycles. The molecule has 0 radical (unpaired) electrons. The summed E-state index contributed by atoms with van der Waals surface area (Å²) in [6.45, 7) is 10.2. The number of rotatable bonds is 42. The Hall–Kier alpha value is -5.00. The van der Waals surface area contributed by atoms with Gasteiger partial charge in [-0.05, 0) is 38.0 Å². The lowest BCUT2D eigenvalue weighted by Gasteiger charge is -2.30. The third-order valence-electron chi connectivity index (χ3n) is 9.62. The number of amides is 6. The van der Waals surface area contributed by atoms with Crippen LogP contribution in [0.2, 0.25) is 0 Å². The number of nitrogens with one attached hydrogen (secondary N) is 5. The van der Waals surface area contributed by atoms with E-state index in [9.17, 15) is 43.5 Å². The van der Waals surface area contributed by atoms with Crippen molar-refractivity contribution in [1.29, 1.82) is 0 Å². The van der Waals surface area contributed by atoms with Crippen LogP contribution in [0.4, 0.5) is 0 Å². The van der Waals surface area contributed by atoms with Gasteiger partial charge in [-0.2, -0.15) is 0 Å². The highest BCUT2D eigenvalue weighted by Gasteiger charge is 2.39. The van der Waals surface area contributed by atoms with Gasteiger partial charge in [-0.15, -0.1) is 6.42 Å². The zero-order chi connectivity index (χ0) is 50.4. The molecule has 0 aromatic rings. The summed E-state index contributed by atoms with van der Waals surface area (Å²) >= 11 is 0. The smallest absolute Gasteiger partial charge is 0.322 e. The topological polar surface area (TPSA) is 314 Å². The van der Waals surface area contributed by atoms with Gasteiger partial charge in [0, 0.05) is 19.4 Å². The van der Waals surface area contributed by atoms with Gasteiger partial charge in [-0.1, -0.05) is 26.7 Å². The molecule has 24 nitrogen and oxygen atoms in total. The summed E-state index contributed by atoms with van der Waals surface area (Å²) in [4.78, 5) is 102. The van der Waals surface area contributed by atoms with Crippen LogP contribution >= 0.6 is 0 Å². The first-order valence-electron chi connectivity index (χ1n) is 22.9. The first-order chi connectivity index (χ1) is 32.7. The van der Waals surface area contributed by atoms with Gasteiger partial charge < -0.3 is 79.6 Å². The Morgan fingerprint density at radius 2 is 1.12 bits per heavy atom. The number of carbonyl (C=O) groups excluding carboxylic acids is 6. The van der Waals surface area contributed by atoms with Gasteiger partial charge in [0.25, 0.3) is 0 Å². The fourth-order valence-corrected chi connectivity index (χ4v) is 6.26. The zero-order valence-corrected chi connectivity index (χ0v) is 39.7. The van der Waals surface area contributed by atoms with E-state index in [4.69, 9.17) is 49.4 Å². The monoisotopic (exact) mass is 975 g/mol. The molecule has 1 saturated heterocycles. The van der Waals surface area contributed by atoms with Crippen LogP contribution < -0.4 is 26.6 Å². The number of carboxylic acid groups (broad SMARTS) is 2. The zero-order valence-electron chi connectivity index (χ0n) is 39.7. The van der Waals surface area contributed by atoms with Gasteiger partial charge in [-0.25, -0.2) is 0 Å². The van der Waals surface area contributed by atoms with Crippen molar-refractivity contribution in [2.24, 2.45) is 5.92 Å². The van der Waals surface area contributed by atoms with Crippen molar-refractivity contribution in [3.05, 3.63) is 0 Å². The molecule has 68 heavy (non-hydrogen) atoms. The molecule has 0 unspecified atom stereocenters. The molecule has 1 fully saturated rings. The maximum Gasteiger partial charge on any atom is 0.322 e. The van der Waals surface area contributed by atoms with Crippen molar-refractivity contribution in [3.63, 3.8) is 0 Å². The van der Waals surface area contributed by atoms with Crippen LogP contribution in [0.25, 0.3) is 0 Å². The molecule has 24 heteroatoms. The lowest BCUT2D eigenvalue weighted by Crippen LogP contribution is -2.58. The van der Waals surface area contributed by atoms with Crippen molar-refractivity contribution in [3.8, 4) is 12.3 Å². The fourth-order valence-electron chi connectivity index (χ4n) is 6.26. The first-order valence-corrected chi connectivity index (χ1v) is 22.9. The molecule has 0 spiro atoms. The second kappa shape index (κ2) is 38.9. The summed E-state index contributed by atoms with van der Waals surface area (Å²) in [5.74, 6) is -4.20. The summed E-state index contributed by atoms with van der Waals surface area (Å²) in [6, 6.07) is -4.58. The van der Waals surface area contributed by atoms with E-state index in [1.54, 1.807) is 6.92 Å². The van der Waals surface area contributed by atoms with E-state index < -0.39 is 91.1 Å². The van der Waals surface area contributed by atoms with Gasteiger partial charge in [0.15, 0.2) is 0 Å². The summed E-state index contributed by atoms with van der Waals surface area (Å²) in [5.41, 5.74) is 0. The number of carbonyl (C=O) groups is 8. The minimum absolute atomic E-state index is 0.0126. The van der Waals surface area contributed by atoms with Crippen LogP contribution in [0.1, 0.15) is 65.7 Å². The highest BCUT2D eigenvalue weighted by atomic mass is 16.6. The van der Waals surface area contributed by atoms with Crippen molar-refractivity contribution in [2.75, 3.05) is 125 Å². The van der Waals surface area contributed by atoms with E-state index in [0.717, 1.165) is 0 Å². The molecule has 4 atom stereocenters. The van der Waals surface area contributed by atoms with Crippen LogP contribution in [0.3, 0.4) is 0 Å². The van der Waals surface area contributed by atoms with Crippen molar-refractivity contribution >= 4 is 47.4 Å². The Balaban J connectivity index is 2.42. The number of ether oxygens (including phenoxy) is 8. The number of nitrogens with zero attached hydrogens (tertiary/aromatic N) is 1. The first kappa shape index (κ1) is 61.0. The standard InChI is InChI=1S/C44H74N6O18/c1-5-13-61-15-17-63-19-21-65-23-25-67-27-28-68-26-24-66-22-20-64-18-16-62-14-11-37(51)47-35(29-32(3)4)44(60)50-12-7-8-36(50)43(59)49-34(9-10-39(53)54)42(58)48-33(6-2)41(57)46-30-38(52)45-31-40(55)56/h1,32-36H,6-31H2,2-4H3,(H,45,52)(H,46,57)(H,47,51)(H,48,58)(H,49,59)(H,53,54)(H,55,56)/t33-,34-,35-,36-/m0/s1. The molecule has 0 aromatic carbocycles. The summed E-state index contributed by atoms with van der Waals surface area (Å²) in [6.07, 6.45) is 5.23. The van der Waals surface area contributed by atoms with Gasteiger partial charge in [0.05, 0.1) is 106 Å². The van der Waals surface area contributed by atoms with Gasteiger partial charge >= 0.3 is 11.9 Å². The maximum absolute atomic E-state index is 13.9. The minimum Gasteiger partial charge on any atom is -0.481 e. The van der Waals surface area contributed by atoms with Gasteiger partial charge in [0.1, 0.15) is 37.3 Å². The molecular weight excluding hydrogens is 901 g/mol. The average molecular weight is 975 g/mol. The van der Waals surface area contributed by atoms with E-state index in [2.05, 4.69) is 32.5 Å². The number of aliphatic carboxylic acids is 2. The number of hydrogen-bond acceptors (Lipinski definition) is 16. The molecule has 0 saturated carbocycles. The van der Waals surface area contributed by atoms with Crippen molar-refractivity contribution in [1.82, 2.24) is 31.5 Å². The minimum atomic E-state index is -1.41. The lowest BCUT2D eigenvalue weighted by molar-refractivity contribution is -0.143. The molecule has 0 bridgehead atoms. The second-order valence-electron chi connectivity index (χ2n) is 15.6. The molecule has 6 amide bonds. The largest absolute Gasteiger partial charge is 0.481 e. The third kappa shape index (κ3) is 30.4. The molecule has 0 aromatic heterocycles. The lowest BCUT2D eigenvalue weighted by atomic mass is 10.0. The van der Waals surface area contributed by atoms with E-state index in [1.165, 1.54) is 4.90 Å². The molecule has 1 aliphatic rings. The second-order valence-corrected chi connectivity index (χ2v) is 15.6. The highest BCUT2D eigenvalue weighted by Crippen LogP contribution is 2.21. The highest BCUT2D eigenvalue weighted by molar-refractivity contribution is 5.96. The van der Waals surface area contributed by atoms with Crippen molar-refractivity contribution < 1.29 is 86.5 Å². The Morgan fingerprint density at radius 1 is 0.603 bits per heavy atom. The Bertz CT molecular complexity index is 1550.